The van der Waals surface area contributed by atoms with Crippen LogP contribution in [0.4, 0.5) is 0 Å². The average Bonchev–Trinajstić information content (AvgIpc) is 2.16. The molecular weight excluding hydrogens is 180 g/mol. The molecule has 0 saturated carbocycles. The zero-order valence-corrected chi connectivity index (χ0v) is 9.38. The van der Waals surface area contributed by atoms with Gasteiger partial charge in [0.25, 0.3) is 0 Å². The summed E-state index contributed by atoms with van der Waals surface area (Å²) in [5.74, 6) is 0.369. The molecule has 14 heavy (non-hydrogen) atoms. The summed E-state index contributed by atoms with van der Waals surface area (Å²) in [6.07, 6.45) is 1.06. The van der Waals surface area contributed by atoms with Crippen molar-refractivity contribution in [2.24, 2.45) is 11.7 Å². The van der Waals surface area contributed by atoms with Crippen molar-refractivity contribution in [2.45, 2.75) is 33.3 Å². The van der Waals surface area contributed by atoms with E-state index in [4.69, 9.17) is 10.5 Å². The number of hydrogen-bond acceptors (Lipinski definition) is 3. The molecule has 0 rings (SSSR count). The summed E-state index contributed by atoms with van der Waals surface area (Å²) in [6.45, 7) is 7.62. The molecule has 4 heteroatoms. The summed E-state index contributed by atoms with van der Waals surface area (Å²) >= 11 is 0. The molecule has 1 atom stereocenters. The van der Waals surface area contributed by atoms with Crippen molar-refractivity contribution in [1.82, 2.24) is 5.32 Å². The Bertz CT molecular complexity index is 160. The number of nitrogens with one attached hydrogen (secondary N) is 1. The molecule has 0 aromatic heterocycles. The van der Waals surface area contributed by atoms with E-state index in [1.165, 1.54) is 0 Å². The van der Waals surface area contributed by atoms with Gasteiger partial charge in [0.15, 0.2) is 0 Å². The number of carbonyl (C=O) groups excluding carboxylic acids is 1. The average molecular weight is 202 g/mol. The molecule has 1 unspecified atom stereocenters. The molecule has 0 aliphatic heterocycles. The van der Waals surface area contributed by atoms with E-state index >= 15 is 0 Å². The van der Waals surface area contributed by atoms with Crippen molar-refractivity contribution in [1.29, 1.82) is 0 Å². The third-order valence-corrected chi connectivity index (χ3v) is 2.06. The van der Waals surface area contributed by atoms with Crippen molar-refractivity contribution in [3.63, 3.8) is 0 Å². The van der Waals surface area contributed by atoms with Crippen LogP contribution in [0.1, 0.15) is 27.2 Å². The Morgan fingerprint density at radius 3 is 2.57 bits per heavy atom. The molecule has 3 N–H and O–H groups in total. The summed E-state index contributed by atoms with van der Waals surface area (Å²) in [4.78, 5) is 10.8. The molecule has 0 aromatic rings. The second-order valence-electron chi connectivity index (χ2n) is 3.58. The van der Waals surface area contributed by atoms with E-state index in [0.29, 0.717) is 19.1 Å². The smallest absolute Gasteiger partial charge is 0.233 e. The predicted octanol–water partition coefficient (Wildman–Crippen LogP) is 0.513. The molecule has 0 heterocycles. The second kappa shape index (κ2) is 7.76. The maximum atomic E-state index is 10.8. The minimum Gasteiger partial charge on any atom is -0.378 e. The van der Waals surface area contributed by atoms with E-state index in [1.54, 1.807) is 0 Å². The fourth-order valence-corrected chi connectivity index (χ4v) is 1.25. The fraction of sp³-hybridized carbons (Fsp3) is 0.900. The first kappa shape index (κ1) is 13.4. The van der Waals surface area contributed by atoms with E-state index in [9.17, 15) is 4.79 Å². The van der Waals surface area contributed by atoms with Crippen LogP contribution in [-0.4, -0.2) is 31.7 Å². The molecule has 0 fully saturated rings. The quantitative estimate of drug-likeness (QED) is 0.632. The first-order valence-corrected chi connectivity index (χ1v) is 5.20. The molecule has 0 bridgehead atoms. The Kier molecular flexibility index (Phi) is 7.42. The maximum absolute atomic E-state index is 10.8. The minimum atomic E-state index is -0.107. The van der Waals surface area contributed by atoms with Gasteiger partial charge in [0.1, 0.15) is 0 Å². The zero-order chi connectivity index (χ0) is 11.0. The van der Waals surface area contributed by atoms with Crippen molar-refractivity contribution < 1.29 is 9.53 Å². The Balaban J connectivity index is 3.65. The van der Waals surface area contributed by atoms with Crippen LogP contribution in [0.3, 0.4) is 0 Å². The third-order valence-electron chi connectivity index (χ3n) is 2.06. The molecule has 0 aliphatic carbocycles. The highest BCUT2D eigenvalue weighted by Crippen LogP contribution is 2.09. The highest BCUT2D eigenvalue weighted by atomic mass is 16.5. The highest BCUT2D eigenvalue weighted by Gasteiger charge is 2.12. The monoisotopic (exact) mass is 202 g/mol. The van der Waals surface area contributed by atoms with E-state index in [0.717, 1.165) is 6.42 Å². The molecule has 0 saturated heterocycles. The van der Waals surface area contributed by atoms with Gasteiger partial charge in [0, 0.05) is 13.2 Å². The summed E-state index contributed by atoms with van der Waals surface area (Å²) in [5, 5.41) is 2.73. The highest BCUT2D eigenvalue weighted by molar-refractivity contribution is 5.77. The van der Waals surface area contributed by atoms with Crippen LogP contribution in [0.25, 0.3) is 0 Å². The normalized spacial score (nSPS) is 12.9. The van der Waals surface area contributed by atoms with Crippen molar-refractivity contribution in [3.05, 3.63) is 0 Å². The number of carbonyl (C=O) groups is 1. The Morgan fingerprint density at radius 2 is 2.14 bits per heavy atom. The lowest BCUT2D eigenvalue weighted by Crippen LogP contribution is -2.34. The van der Waals surface area contributed by atoms with Crippen molar-refractivity contribution in [2.75, 3.05) is 19.7 Å². The van der Waals surface area contributed by atoms with Gasteiger partial charge in [-0.1, -0.05) is 13.8 Å². The lowest BCUT2D eigenvalue weighted by molar-refractivity contribution is -0.119. The van der Waals surface area contributed by atoms with Gasteiger partial charge >= 0.3 is 0 Å². The van der Waals surface area contributed by atoms with Gasteiger partial charge in [-0.2, -0.15) is 0 Å². The number of ether oxygens (including phenoxy) is 1. The van der Waals surface area contributed by atoms with Gasteiger partial charge in [-0.3, -0.25) is 4.79 Å². The minimum absolute atomic E-state index is 0.0565. The maximum Gasteiger partial charge on any atom is 0.233 e. The summed E-state index contributed by atoms with van der Waals surface area (Å²) in [6, 6.07) is 0. The summed E-state index contributed by atoms with van der Waals surface area (Å²) in [5.41, 5.74) is 5.16. The van der Waals surface area contributed by atoms with Gasteiger partial charge in [0.2, 0.25) is 5.91 Å². The van der Waals surface area contributed by atoms with E-state index in [1.807, 2.05) is 6.92 Å². The largest absolute Gasteiger partial charge is 0.378 e. The number of amides is 1. The number of rotatable bonds is 7. The van der Waals surface area contributed by atoms with Crippen molar-refractivity contribution in [3.8, 4) is 0 Å². The van der Waals surface area contributed by atoms with E-state index < -0.39 is 0 Å². The number of hydrogen-bond donors (Lipinski definition) is 2. The second-order valence-corrected chi connectivity index (χ2v) is 3.58. The van der Waals surface area contributed by atoms with Crippen LogP contribution in [0, 0.1) is 5.92 Å². The Labute approximate surface area is 86.2 Å². The Hall–Kier alpha value is -0.610. The topological polar surface area (TPSA) is 64.3 Å². The molecule has 0 aliphatic rings. The van der Waals surface area contributed by atoms with Gasteiger partial charge in [-0.05, 0) is 19.3 Å². The summed E-state index contributed by atoms with van der Waals surface area (Å²) in [7, 11) is 0. The van der Waals surface area contributed by atoms with Gasteiger partial charge in [0.05, 0.1) is 12.6 Å². The first-order valence-electron chi connectivity index (χ1n) is 5.20. The first-order chi connectivity index (χ1) is 6.61. The fourth-order valence-electron chi connectivity index (χ4n) is 1.25. The predicted molar refractivity (Wildman–Crippen MR) is 56.9 cm³/mol. The molecule has 84 valence electrons. The summed E-state index contributed by atoms with van der Waals surface area (Å²) < 4.78 is 5.54. The van der Waals surface area contributed by atoms with Crippen LogP contribution in [0.2, 0.25) is 0 Å². The van der Waals surface area contributed by atoms with E-state index in [2.05, 4.69) is 19.2 Å². The molecule has 0 aromatic carbocycles. The zero-order valence-electron chi connectivity index (χ0n) is 9.38. The molecule has 0 radical (unpaired) electrons. The van der Waals surface area contributed by atoms with Crippen LogP contribution < -0.4 is 11.1 Å². The van der Waals surface area contributed by atoms with Crippen molar-refractivity contribution >= 4 is 5.91 Å². The standard InChI is InChI=1S/C10H22N2O2/c1-4-14-9(8(2)3)5-6-12-10(13)7-11/h8-9H,4-7,11H2,1-3H3,(H,12,13). The third kappa shape index (κ3) is 5.94. The SMILES string of the molecule is CCOC(CCNC(=O)CN)C(C)C. The molecule has 4 nitrogen and oxygen atoms in total. The van der Waals surface area contributed by atoms with Crippen LogP contribution in [0.15, 0.2) is 0 Å². The van der Waals surface area contributed by atoms with E-state index in [-0.39, 0.29) is 18.6 Å². The number of nitrogens with two attached hydrogens (primary N) is 1. The van der Waals surface area contributed by atoms with Gasteiger partial charge in [-0.25, -0.2) is 0 Å². The van der Waals surface area contributed by atoms with Gasteiger partial charge in [-0.15, -0.1) is 0 Å². The molecule has 0 spiro atoms. The Morgan fingerprint density at radius 1 is 1.50 bits per heavy atom. The van der Waals surface area contributed by atoms with Crippen LogP contribution in [-0.2, 0) is 9.53 Å². The van der Waals surface area contributed by atoms with Gasteiger partial charge < -0.3 is 15.8 Å². The molecule has 1 amide bonds. The lowest BCUT2D eigenvalue weighted by atomic mass is 10.0. The van der Waals surface area contributed by atoms with Crippen LogP contribution >= 0.6 is 0 Å². The van der Waals surface area contributed by atoms with Crippen LogP contribution in [0.5, 0.6) is 0 Å². The molecular formula is C10H22N2O2. The lowest BCUT2D eigenvalue weighted by Gasteiger charge is -2.20.